The van der Waals surface area contributed by atoms with Gasteiger partial charge in [0.05, 0.1) is 6.10 Å². The van der Waals surface area contributed by atoms with E-state index in [9.17, 15) is 5.11 Å². The monoisotopic (exact) mass is 293 g/mol. The second-order valence-electron chi connectivity index (χ2n) is 6.74. The van der Waals surface area contributed by atoms with Crippen LogP contribution in [0, 0.1) is 5.92 Å². The molecule has 2 aromatic rings. The van der Waals surface area contributed by atoms with E-state index < -0.39 is 6.10 Å². The van der Waals surface area contributed by atoms with Crippen molar-refractivity contribution in [1.29, 1.82) is 0 Å². The van der Waals surface area contributed by atoms with Crippen LogP contribution in [0.25, 0.3) is 11.1 Å². The van der Waals surface area contributed by atoms with Gasteiger partial charge in [0.15, 0.2) is 0 Å². The lowest BCUT2D eigenvalue weighted by Gasteiger charge is -2.20. The Morgan fingerprint density at radius 2 is 1.64 bits per heavy atom. The van der Waals surface area contributed by atoms with Crippen LogP contribution < -0.4 is 5.32 Å². The first-order chi connectivity index (χ1) is 10.8. The molecule has 1 saturated heterocycles. The fourth-order valence-corrected chi connectivity index (χ4v) is 4.16. The van der Waals surface area contributed by atoms with Gasteiger partial charge in [0.2, 0.25) is 0 Å². The lowest BCUT2D eigenvalue weighted by molar-refractivity contribution is 0.133. The molecule has 114 valence electrons. The molecule has 0 aromatic heterocycles. The molecule has 1 aliphatic carbocycles. The van der Waals surface area contributed by atoms with Crippen molar-refractivity contribution in [2.45, 2.75) is 43.9 Å². The third-order valence-corrected chi connectivity index (χ3v) is 5.38. The van der Waals surface area contributed by atoms with Gasteiger partial charge in [-0.05, 0) is 41.9 Å². The summed E-state index contributed by atoms with van der Waals surface area (Å²) in [7, 11) is 0. The number of rotatable bonds is 3. The molecule has 4 atom stereocenters. The summed E-state index contributed by atoms with van der Waals surface area (Å²) in [6.07, 6.45) is 4.67. The van der Waals surface area contributed by atoms with E-state index in [-0.39, 0.29) is 6.04 Å². The average molecular weight is 293 g/mol. The topological polar surface area (TPSA) is 32.3 Å². The van der Waals surface area contributed by atoms with Crippen molar-refractivity contribution in [2.75, 3.05) is 0 Å². The number of aliphatic hydroxyl groups excluding tert-OH is 1. The average Bonchev–Trinajstić information content (AvgIpc) is 3.17. The lowest BCUT2D eigenvalue weighted by Crippen LogP contribution is -2.33. The minimum atomic E-state index is -0.393. The molecule has 0 amide bonds. The molecule has 2 heteroatoms. The molecule has 0 spiro atoms. The molecule has 0 radical (unpaired) electrons. The molecular formula is C20H23NO. The third kappa shape index (κ3) is 2.57. The Balaban J connectivity index is 1.49. The Labute approximate surface area is 132 Å². The first-order valence-electron chi connectivity index (χ1n) is 8.41. The summed E-state index contributed by atoms with van der Waals surface area (Å²) < 4.78 is 0. The van der Waals surface area contributed by atoms with Crippen LogP contribution in [0.2, 0.25) is 0 Å². The molecule has 1 heterocycles. The van der Waals surface area contributed by atoms with Gasteiger partial charge in [-0.15, -0.1) is 0 Å². The van der Waals surface area contributed by atoms with E-state index in [1.807, 2.05) is 6.07 Å². The summed E-state index contributed by atoms with van der Waals surface area (Å²) in [4.78, 5) is 0. The molecule has 2 nitrogen and oxygen atoms in total. The van der Waals surface area contributed by atoms with E-state index in [4.69, 9.17) is 0 Å². The number of benzene rings is 2. The highest BCUT2D eigenvalue weighted by Crippen LogP contribution is 2.38. The van der Waals surface area contributed by atoms with Crippen molar-refractivity contribution in [3.05, 3.63) is 60.2 Å². The van der Waals surface area contributed by atoms with Gasteiger partial charge in [-0.3, -0.25) is 0 Å². The van der Waals surface area contributed by atoms with Gasteiger partial charge in [0, 0.05) is 12.1 Å². The summed E-state index contributed by atoms with van der Waals surface area (Å²) in [6, 6.07) is 19.6. The van der Waals surface area contributed by atoms with Crippen LogP contribution in [0.3, 0.4) is 0 Å². The first kappa shape index (κ1) is 14.0. The van der Waals surface area contributed by atoms with Crippen molar-refractivity contribution < 1.29 is 5.11 Å². The largest absolute Gasteiger partial charge is 0.387 e. The Hall–Kier alpha value is -1.64. The van der Waals surface area contributed by atoms with Crippen LogP contribution in [0.4, 0.5) is 0 Å². The minimum Gasteiger partial charge on any atom is -0.387 e. The van der Waals surface area contributed by atoms with Gasteiger partial charge in [-0.25, -0.2) is 0 Å². The molecule has 0 unspecified atom stereocenters. The standard InChI is InChI=1S/C20H23NO/c22-20(19-13-17-7-4-8-18(17)21-19)16-11-9-15(10-12-16)14-5-2-1-3-6-14/h1-3,5-6,9-12,17-22H,4,7-8,13H2/t17-,18-,19+,20-/m1/s1. The molecule has 2 fully saturated rings. The highest BCUT2D eigenvalue weighted by atomic mass is 16.3. The maximum absolute atomic E-state index is 10.7. The van der Waals surface area contributed by atoms with Gasteiger partial charge in [-0.2, -0.15) is 0 Å². The SMILES string of the molecule is O[C@H](c1ccc(-c2ccccc2)cc1)[C@@H]1C[C@H]2CCC[C@H]2N1. The van der Waals surface area contributed by atoms with E-state index >= 15 is 0 Å². The van der Waals surface area contributed by atoms with Gasteiger partial charge in [0.1, 0.15) is 0 Å². The van der Waals surface area contributed by atoms with Gasteiger partial charge >= 0.3 is 0 Å². The van der Waals surface area contributed by atoms with Crippen LogP contribution in [-0.2, 0) is 0 Å². The Morgan fingerprint density at radius 1 is 0.909 bits per heavy atom. The zero-order valence-corrected chi connectivity index (χ0v) is 12.8. The zero-order valence-electron chi connectivity index (χ0n) is 12.8. The van der Waals surface area contributed by atoms with Gasteiger partial charge in [-0.1, -0.05) is 61.0 Å². The number of aliphatic hydroxyl groups is 1. The smallest absolute Gasteiger partial charge is 0.0943 e. The minimum absolute atomic E-state index is 0.220. The molecular weight excluding hydrogens is 270 g/mol. The summed E-state index contributed by atoms with van der Waals surface area (Å²) in [5, 5.41) is 14.3. The molecule has 1 aliphatic heterocycles. The van der Waals surface area contributed by atoms with E-state index in [1.165, 1.54) is 30.4 Å². The quantitative estimate of drug-likeness (QED) is 0.899. The Morgan fingerprint density at radius 3 is 2.36 bits per heavy atom. The second-order valence-corrected chi connectivity index (χ2v) is 6.74. The normalized spacial score (nSPS) is 28.5. The lowest BCUT2D eigenvalue weighted by atomic mass is 9.95. The van der Waals surface area contributed by atoms with E-state index in [1.54, 1.807) is 0 Å². The van der Waals surface area contributed by atoms with Gasteiger partial charge < -0.3 is 10.4 Å². The Bertz CT molecular complexity index is 610. The highest BCUT2D eigenvalue weighted by Gasteiger charge is 2.39. The number of hydrogen-bond acceptors (Lipinski definition) is 2. The number of nitrogens with one attached hydrogen (secondary N) is 1. The van der Waals surface area contributed by atoms with E-state index in [0.29, 0.717) is 6.04 Å². The van der Waals surface area contributed by atoms with Crippen molar-refractivity contribution in [1.82, 2.24) is 5.32 Å². The highest BCUT2D eigenvalue weighted by molar-refractivity contribution is 5.63. The van der Waals surface area contributed by atoms with E-state index in [2.05, 4.69) is 53.8 Å². The third-order valence-electron chi connectivity index (χ3n) is 5.38. The molecule has 4 rings (SSSR count). The fraction of sp³-hybridized carbons (Fsp3) is 0.400. The molecule has 0 bridgehead atoms. The Kier molecular flexibility index (Phi) is 3.73. The van der Waals surface area contributed by atoms with Crippen molar-refractivity contribution in [3.8, 4) is 11.1 Å². The second kappa shape index (κ2) is 5.86. The van der Waals surface area contributed by atoms with Crippen LogP contribution in [0.15, 0.2) is 54.6 Å². The molecule has 2 aromatic carbocycles. The maximum Gasteiger partial charge on any atom is 0.0943 e. The van der Waals surface area contributed by atoms with Crippen LogP contribution in [0.5, 0.6) is 0 Å². The molecule has 1 saturated carbocycles. The molecule has 2 N–H and O–H groups in total. The fourth-order valence-electron chi connectivity index (χ4n) is 4.16. The maximum atomic E-state index is 10.7. The van der Waals surface area contributed by atoms with Crippen LogP contribution >= 0.6 is 0 Å². The first-order valence-corrected chi connectivity index (χ1v) is 8.41. The predicted molar refractivity (Wildman–Crippen MR) is 89.5 cm³/mol. The van der Waals surface area contributed by atoms with Crippen molar-refractivity contribution >= 4 is 0 Å². The van der Waals surface area contributed by atoms with Crippen molar-refractivity contribution in [2.24, 2.45) is 5.92 Å². The van der Waals surface area contributed by atoms with Gasteiger partial charge in [0.25, 0.3) is 0 Å². The predicted octanol–water partition coefficient (Wildman–Crippen LogP) is 3.92. The summed E-state index contributed by atoms with van der Waals surface area (Å²) in [5.41, 5.74) is 3.45. The van der Waals surface area contributed by atoms with Crippen LogP contribution in [0.1, 0.15) is 37.4 Å². The number of hydrogen-bond donors (Lipinski definition) is 2. The molecule has 22 heavy (non-hydrogen) atoms. The summed E-state index contributed by atoms with van der Waals surface area (Å²) in [5.74, 6) is 0.781. The van der Waals surface area contributed by atoms with E-state index in [0.717, 1.165) is 17.9 Å². The number of fused-ring (bicyclic) bond motifs is 1. The summed E-state index contributed by atoms with van der Waals surface area (Å²) >= 11 is 0. The van der Waals surface area contributed by atoms with Crippen LogP contribution in [-0.4, -0.2) is 17.2 Å². The molecule has 2 aliphatic rings. The van der Waals surface area contributed by atoms with Crippen molar-refractivity contribution in [3.63, 3.8) is 0 Å². The zero-order chi connectivity index (χ0) is 14.9. The summed E-state index contributed by atoms with van der Waals surface area (Å²) in [6.45, 7) is 0.